The highest BCUT2D eigenvalue weighted by Crippen LogP contribution is 2.13. The maximum absolute atomic E-state index is 11.7. The molecule has 0 saturated heterocycles. The van der Waals surface area contributed by atoms with Crippen molar-refractivity contribution in [1.82, 2.24) is 0 Å². The van der Waals surface area contributed by atoms with Gasteiger partial charge in [-0.3, -0.25) is 4.79 Å². The summed E-state index contributed by atoms with van der Waals surface area (Å²) in [6.07, 6.45) is 1.31. The van der Waals surface area contributed by atoms with Gasteiger partial charge in [0.05, 0.1) is 7.11 Å². The average Bonchev–Trinajstić information content (AvgIpc) is 2.34. The Kier molecular flexibility index (Phi) is 5.57. The predicted molar refractivity (Wildman–Crippen MR) is 63.1 cm³/mol. The highest BCUT2D eigenvalue weighted by atomic mass is 16.5. The predicted octanol–water partition coefficient (Wildman–Crippen LogP) is 2.69. The smallest absolute Gasteiger partial charge is 0.162 e. The molecule has 0 unspecified atom stereocenters. The van der Waals surface area contributed by atoms with Crippen molar-refractivity contribution >= 4 is 5.78 Å². The van der Waals surface area contributed by atoms with Crippen LogP contribution in [0.5, 0.6) is 5.75 Å². The number of rotatable bonds is 7. The number of carbonyl (C=O) groups is 1. The average molecular weight is 222 g/mol. The molecule has 0 fully saturated rings. The summed E-state index contributed by atoms with van der Waals surface area (Å²) in [6, 6.07) is 7.19. The van der Waals surface area contributed by atoms with Crippen molar-refractivity contribution in [2.75, 3.05) is 20.3 Å². The number of benzene rings is 1. The Morgan fingerprint density at radius 1 is 1.25 bits per heavy atom. The minimum absolute atomic E-state index is 0.155. The molecule has 0 aromatic heterocycles. The molecule has 0 amide bonds. The molecule has 3 heteroatoms. The van der Waals surface area contributed by atoms with Crippen LogP contribution < -0.4 is 4.74 Å². The van der Waals surface area contributed by atoms with Crippen molar-refractivity contribution in [3.63, 3.8) is 0 Å². The summed E-state index contributed by atoms with van der Waals surface area (Å²) < 4.78 is 10.2. The van der Waals surface area contributed by atoms with Gasteiger partial charge in [0.25, 0.3) is 0 Å². The van der Waals surface area contributed by atoms with Gasteiger partial charge in [-0.1, -0.05) is 0 Å². The summed E-state index contributed by atoms with van der Waals surface area (Å²) >= 11 is 0. The molecule has 1 rings (SSSR count). The molecule has 0 aliphatic carbocycles. The zero-order valence-corrected chi connectivity index (χ0v) is 9.86. The lowest BCUT2D eigenvalue weighted by atomic mass is 10.1. The largest absolute Gasteiger partial charge is 0.497 e. The number of hydrogen-bond donors (Lipinski definition) is 0. The van der Waals surface area contributed by atoms with Crippen LogP contribution in [-0.2, 0) is 4.74 Å². The first kappa shape index (κ1) is 12.7. The second-order valence-electron chi connectivity index (χ2n) is 3.45. The van der Waals surface area contributed by atoms with Crippen LogP contribution >= 0.6 is 0 Å². The summed E-state index contributed by atoms with van der Waals surface area (Å²) in [5.41, 5.74) is 0.734. The van der Waals surface area contributed by atoms with E-state index in [4.69, 9.17) is 9.47 Å². The van der Waals surface area contributed by atoms with E-state index < -0.39 is 0 Å². The molecule has 0 radical (unpaired) electrons. The van der Waals surface area contributed by atoms with Crippen molar-refractivity contribution in [2.45, 2.75) is 19.8 Å². The van der Waals surface area contributed by atoms with Crippen LogP contribution in [-0.4, -0.2) is 26.1 Å². The number of ketones is 1. The van der Waals surface area contributed by atoms with Gasteiger partial charge >= 0.3 is 0 Å². The molecule has 88 valence electrons. The van der Waals surface area contributed by atoms with Gasteiger partial charge < -0.3 is 9.47 Å². The first-order valence-corrected chi connectivity index (χ1v) is 5.53. The molecule has 1 aromatic carbocycles. The quantitative estimate of drug-likeness (QED) is 0.525. The molecule has 3 nitrogen and oxygen atoms in total. The third-order valence-electron chi connectivity index (χ3n) is 2.31. The first-order valence-electron chi connectivity index (χ1n) is 5.53. The van der Waals surface area contributed by atoms with Crippen LogP contribution in [0.15, 0.2) is 24.3 Å². The van der Waals surface area contributed by atoms with E-state index in [-0.39, 0.29) is 5.78 Å². The van der Waals surface area contributed by atoms with E-state index in [1.54, 1.807) is 31.4 Å². The van der Waals surface area contributed by atoms with Crippen LogP contribution in [0.2, 0.25) is 0 Å². The van der Waals surface area contributed by atoms with Gasteiger partial charge in [0, 0.05) is 25.2 Å². The van der Waals surface area contributed by atoms with Gasteiger partial charge in [0.15, 0.2) is 5.78 Å². The normalized spacial score (nSPS) is 10.1. The molecular formula is C13H18O3. The molecular weight excluding hydrogens is 204 g/mol. The van der Waals surface area contributed by atoms with Crippen LogP contribution in [0.25, 0.3) is 0 Å². The summed E-state index contributed by atoms with van der Waals surface area (Å²) in [5, 5.41) is 0. The molecule has 0 bridgehead atoms. The maximum Gasteiger partial charge on any atom is 0.162 e. The fourth-order valence-corrected chi connectivity index (χ4v) is 1.40. The standard InChI is InChI=1S/C13H18O3/c1-3-16-10-4-5-13(14)11-6-8-12(15-2)9-7-11/h6-9H,3-5,10H2,1-2H3. The highest BCUT2D eigenvalue weighted by molar-refractivity contribution is 5.96. The zero-order chi connectivity index (χ0) is 11.8. The third kappa shape index (κ3) is 4.03. The van der Waals surface area contributed by atoms with E-state index in [1.165, 1.54) is 0 Å². The van der Waals surface area contributed by atoms with Crippen LogP contribution in [0.3, 0.4) is 0 Å². The minimum atomic E-state index is 0.155. The lowest BCUT2D eigenvalue weighted by Crippen LogP contribution is -2.02. The Hall–Kier alpha value is -1.35. The van der Waals surface area contributed by atoms with Crippen molar-refractivity contribution in [1.29, 1.82) is 0 Å². The van der Waals surface area contributed by atoms with Crippen molar-refractivity contribution < 1.29 is 14.3 Å². The van der Waals surface area contributed by atoms with Gasteiger partial charge in [0.1, 0.15) is 5.75 Å². The third-order valence-corrected chi connectivity index (χ3v) is 2.31. The van der Waals surface area contributed by atoms with Gasteiger partial charge in [-0.25, -0.2) is 0 Å². The molecule has 0 N–H and O–H groups in total. The Morgan fingerprint density at radius 2 is 1.94 bits per heavy atom. The lowest BCUT2D eigenvalue weighted by molar-refractivity contribution is 0.0947. The zero-order valence-electron chi connectivity index (χ0n) is 9.86. The lowest BCUT2D eigenvalue weighted by Gasteiger charge is -2.03. The fourth-order valence-electron chi connectivity index (χ4n) is 1.40. The molecule has 1 aromatic rings. The van der Waals surface area contributed by atoms with E-state index >= 15 is 0 Å². The SMILES string of the molecule is CCOCCCC(=O)c1ccc(OC)cc1. The Morgan fingerprint density at radius 3 is 2.50 bits per heavy atom. The summed E-state index contributed by atoms with van der Waals surface area (Å²) in [7, 11) is 1.61. The number of Topliss-reactive ketones (excluding diaryl/α,β-unsaturated/α-hetero) is 1. The van der Waals surface area contributed by atoms with Crippen LogP contribution in [0.1, 0.15) is 30.1 Å². The highest BCUT2D eigenvalue weighted by Gasteiger charge is 2.05. The van der Waals surface area contributed by atoms with Gasteiger partial charge in [-0.2, -0.15) is 0 Å². The number of hydrogen-bond acceptors (Lipinski definition) is 3. The summed E-state index contributed by atoms with van der Waals surface area (Å²) in [6.45, 7) is 3.31. The van der Waals surface area contributed by atoms with Gasteiger partial charge in [-0.15, -0.1) is 0 Å². The topological polar surface area (TPSA) is 35.5 Å². The summed E-state index contributed by atoms with van der Waals surface area (Å²) in [5.74, 6) is 0.924. The van der Waals surface area contributed by atoms with E-state index in [0.717, 1.165) is 17.7 Å². The first-order chi connectivity index (χ1) is 7.77. The van der Waals surface area contributed by atoms with E-state index in [9.17, 15) is 4.79 Å². The maximum atomic E-state index is 11.7. The molecule has 0 heterocycles. The molecule has 0 atom stereocenters. The minimum Gasteiger partial charge on any atom is -0.497 e. The molecule has 0 spiro atoms. The van der Waals surface area contributed by atoms with Crippen molar-refractivity contribution in [3.8, 4) is 5.75 Å². The van der Waals surface area contributed by atoms with E-state index in [0.29, 0.717) is 19.6 Å². The fraction of sp³-hybridized carbons (Fsp3) is 0.462. The van der Waals surface area contributed by atoms with Crippen molar-refractivity contribution in [3.05, 3.63) is 29.8 Å². The van der Waals surface area contributed by atoms with Gasteiger partial charge in [0.2, 0.25) is 0 Å². The van der Waals surface area contributed by atoms with Crippen molar-refractivity contribution in [2.24, 2.45) is 0 Å². The monoisotopic (exact) mass is 222 g/mol. The molecule has 0 aliphatic heterocycles. The van der Waals surface area contributed by atoms with E-state index in [1.807, 2.05) is 6.92 Å². The van der Waals surface area contributed by atoms with Crippen LogP contribution in [0, 0.1) is 0 Å². The molecule has 16 heavy (non-hydrogen) atoms. The summed E-state index contributed by atoms with van der Waals surface area (Å²) in [4.78, 5) is 11.7. The Bertz CT molecular complexity index is 316. The number of ether oxygens (including phenoxy) is 2. The Balaban J connectivity index is 2.40. The number of methoxy groups -OCH3 is 1. The molecule has 0 saturated carbocycles. The second-order valence-corrected chi connectivity index (χ2v) is 3.45. The second kappa shape index (κ2) is 7.01. The van der Waals surface area contributed by atoms with Gasteiger partial charge in [-0.05, 0) is 37.6 Å². The number of carbonyl (C=O) groups excluding carboxylic acids is 1. The van der Waals surface area contributed by atoms with E-state index in [2.05, 4.69) is 0 Å². The van der Waals surface area contributed by atoms with Crippen LogP contribution in [0.4, 0.5) is 0 Å². The Labute approximate surface area is 96.4 Å². The molecule has 0 aliphatic rings.